The molecule has 0 saturated carbocycles. The highest BCUT2D eigenvalue weighted by molar-refractivity contribution is 7.88. The number of nitrogens with zero attached hydrogens (tertiary/aromatic N) is 2. The highest BCUT2D eigenvalue weighted by Crippen LogP contribution is 2.23. The molecule has 0 aliphatic carbocycles. The van der Waals surface area contributed by atoms with E-state index in [2.05, 4.69) is 10.2 Å². The number of carbonyl (C=O) groups is 1. The van der Waals surface area contributed by atoms with Crippen molar-refractivity contribution in [3.63, 3.8) is 0 Å². The van der Waals surface area contributed by atoms with Gasteiger partial charge in [-0.05, 0) is 38.4 Å². The predicted octanol–water partition coefficient (Wildman–Crippen LogP) is 1.47. The summed E-state index contributed by atoms with van der Waals surface area (Å²) in [5, 5.41) is 3.14. The maximum Gasteiger partial charge on any atom is 0.220 e. The molecule has 1 heterocycles. The molecule has 1 amide bonds. The van der Waals surface area contributed by atoms with Gasteiger partial charge in [0.25, 0.3) is 0 Å². The second-order valence-corrected chi connectivity index (χ2v) is 9.09. The second-order valence-electron chi connectivity index (χ2n) is 7.10. The van der Waals surface area contributed by atoms with Gasteiger partial charge >= 0.3 is 0 Å². The van der Waals surface area contributed by atoms with E-state index < -0.39 is 10.0 Å². The summed E-state index contributed by atoms with van der Waals surface area (Å²) in [4.78, 5) is 14.6. The van der Waals surface area contributed by atoms with Crippen molar-refractivity contribution in [1.29, 1.82) is 0 Å². The summed E-state index contributed by atoms with van der Waals surface area (Å²) in [6, 6.07) is 9.93. The monoisotopic (exact) mass is 367 g/mol. The lowest BCUT2D eigenvalue weighted by atomic mass is 9.94. The van der Waals surface area contributed by atoms with E-state index in [1.54, 1.807) is 0 Å². The number of nitrogens with one attached hydrogen (secondary N) is 1. The molecular formula is C18H29N3O3S. The summed E-state index contributed by atoms with van der Waals surface area (Å²) in [5.41, 5.74) is 1.09. The molecule has 7 heteroatoms. The lowest BCUT2D eigenvalue weighted by molar-refractivity contribution is -0.123. The molecule has 0 unspecified atom stereocenters. The maximum absolute atomic E-state index is 12.5. The second kappa shape index (κ2) is 8.78. The zero-order valence-corrected chi connectivity index (χ0v) is 16.1. The Bertz CT molecular complexity index is 653. The van der Waals surface area contributed by atoms with Crippen molar-refractivity contribution in [3.8, 4) is 0 Å². The van der Waals surface area contributed by atoms with Crippen LogP contribution in [0.4, 0.5) is 0 Å². The van der Waals surface area contributed by atoms with Crippen molar-refractivity contribution in [3.05, 3.63) is 35.9 Å². The average Bonchev–Trinajstić information content (AvgIpc) is 2.54. The molecule has 1 fully saturated rings. The third kappa shape index (κ3) is 6.41. The van der Waals surface area contributed by atoms with Crippen molar-refractivity contribution >= 4 is 15.9 Å². The fraction of sp³-hybridized carbons (Fsp3) is 0.611. The average molecular weight is 368 g/mol. The van der Waals surface area contributed by atoms with E-state index >= 15 is 0 Å². The fourth-order valence-electron chi connectivity index (χ4n) is 3.25. The van der Waals surface area contributed by atoms with E-state index in [-0.39, 0.29) is 17.9 Å². The van der Waals surface area contributed by atoms with Gasteiger partial charge in [0.05, 0.1) is 12.3 Å². The van der Waals surface area contributed by atoms with E-state index in [1.807, 2.05) is 44.4 Å². The number of amides is 1. The summed E-state index contributed by atoms with van der Waals surface area (Å²) in [6.07, 6.45) is 3.18. The normalized spacial score (nSPS) is 18.2. The molecule has 1 aromatic rings. The number of rotatable bonds is 7. The minimum absolute atomic E-state index is 0.0357. The van der Waals surface area contributed by atoms with Crippen LogP contribution in [-0.2, 0) is 14.8 Å². The van der Waals surface area contributed by atoms with E-state index in [1.165, 1.54) is 10.6 Å². The lowest BCUT2D eigenvalue weighted by Crippen LogP contribution is -2.40. The minimum Gasteiger partial charge on any atom is -0.348 e. The third-order valence-electron chi connectivity index (χ3n) is 4.60. The van der Waals surface area contributed by atoms with Crippen LogP contribution < -0.4 is 5.32 Å². The molecule has 140 valence electrons. The molecule has 1 atom stereocenters. The molecule has 1 aliphatic rings. The van der Waals surface area contributed by atoms with Gasteiger partial charge in [0, 0.05) is 26.1 Å². The van der Waals surface area contributed by atoms with Crippen molar-refractivity contribution in [2.75, 3.05) is 40.0 Å². The van der Waals surface area contributed by atoms with Crippen LogP contribution in [0.1, 0.15) is 30.9 Å². The van der Waals surface area contributed by atoms with Crippen LogP contribution in [-0.4, -0.2) is 63.5 Å². The number of piperidine rings is 1. The van der Waals surface area contributed by atoms with Crippen molar-refractivity contribution in [2.24, 2.45) is 5.92 Å². The highest BCUT2D eigenvalue weighted by atomic mass is 32.2. The molecule has 0 aromatic heterocycles. The number of hydrogen-bond acceptors (Lipinski definition) is 4. The molecule has 25 heavy (non-hydrogen) atoms. The van der Waals surface area contributed by atoms with Gasteiger partial charge < -0.3 is 10.2 Å². The Kier molecular flexibility index (Phi) is 6.98. The first kappa shape index (κ1) is 19.9. The molecule has 0 spiro atoms. The van der Waals surface area contributed by atoms with E-state index in [0.29, 0.717) is 19.5 Å². The van der Waals surface area contributed by atoms with Gasteiger partial charge in [0.1, 0.15) is 0 Å². The Morgan fingerprint density at radius 2 is 1.84 bits per heavy atom. The standard InChI is InChI=1S/C18H29N3O3S/c1-20(2)14-17(16-7-5-4-6-8-16)19-18(22)13-15-9-11-21(12-10-15)25(3,23)24/h4-8,15,17H,9-14H2,1-3H3,(H,19,22)/t17-/m0/s1. The van der Waals surface area contributed by atoms with Crippen LogP contribution in [0.3, 0.4) is 0 Å². The topological polar surface area (TPSA) is 69.7 Å². The number of hydrogen-bond donors (Lipinski definition) is 1. The number of likely N-dealkylation sites (N-methyl/N-ethyl adjacent to an activating group) is 1. The summed E-state index contributed by atoms with van der Waals surface area (Å²) in [7, 11) is 0.859. The first-order valence-electron chi connectivity index (χ1n) is 8.70. The van der Waals surface area contributed by atoms with Crippen LogP contribution >= 0.6 is 0 Å². The Hall–Kier alpha value is -1.44. The molecule has 6 nitrogen and oxygen atoms in total. The SMILES string of the molecule is CN(C)C[C@H](NC(=O)CC1CCN(S(C)(=O)=O)CC1)c1ccccc1. The minimum atomic E-state index is -3.12. The van der Waals surface area contributed by atoms with E-state index in [4.69, 9.17) is 0 Å². The Morgan fingerprint density at radius 3 is 2.36 bits per heavy atom. The van der Waals surface area contributed by atoms with Gasteiger partial charge in [0.2, 0.25) is 15.9 Å². The highest BCUT2D eigenvalue weighted by Gasteiger charge is 2.27. The van der Waals surface area contributed by atoms with Gasteiger partial charge in [0.15, 0.2) is 0 Å². The molecule has 1 N–H and O–H groups in total. The summed E-state index contributed by atoms with van der Waals surface area (Å²) in [5.74, 6) is 0.280. The Balaban J connectivity index is 1.89. The summed E-state index contributed by atoms with van der Waals surface area (Å²) >= 11 is 0. The largest absolute Gasteiger partial charge is 0.348 e. The fourth-order valence-corrected chi connectivity index (χ4v) is 4.12. The zero-order chi connectivity index (χ0) is 18.4. The van der Waals surface area contributed by atoms with Gasteiger partial charge in [-0.3, -0.25) is 4.79 Å². The van der Waals surface area contributed by atoms with Crippen molar-refractivity contribution in [2.45, 2.75) is 25.3 Å². The van der Waals surface area contributed by atoms with Gasteiger partial charge in [-0.15, -0.1) is 0 Å². The molecule has 1 aromatic carbocycles. The predicted molar refractivity (Wildman–Crippen MR) is 99.6 cm³/mol. The summed E-state index contributed by atoms with van der Waals surface area (Å²) in [6.45, 7) is 1.76. The van der Waals surface area contributed by atoms with Gasteiger partial charge in [-0.2, -0.15) is 0 Å². The third-order valence-corrected chi connectivity index (χ3v) is 5.90. The maximum atomic E-state index is 12.5. The molecule has 1 saturated heterocycles. The van der Waals surface area contributed by atoms with E-state index in [9.17, 15) is 13.2 Å². The molecule has 1 aliphatic heterocycles. The summed E-state index contributed by atoms with van der Waals surface area (Å²) < 4.78 is 24.6. The number of sulfonamides is 1. The molecule has 0 bridgehead atoms. The molecule has 2 rings (SSSR count). The van der Waals surface area contributed by atoms with Crippen LogP contribution in [0, 0.1) is 5.92 Å². The number of benzene rings is 1. The van der Waals surface area contributed by atoms with Crippen LogP contribution in [0.2, 0.25) is 0 Å². The molecular weight excluding hydrogens is 338 g/mol. The smallest absolute Gasteiger partial charge is 0.220 e. The van der Waals surface area contributed by atoms with Crippen LogP contribution in [0.25, 0.3) is 0 Å². The molecule has 0 radical (unpaired) electrons. The van der Waals surface area contributed by atoms with Crippen LogP contribution in [0.5, 0.6) is 0 Å². The first-order chi connectivity index (χ1) is 11.8. The zero-order valence-electron chi connectivity index (χ0n) is 15.3. The van der Waals surface area contributed by atoms with E-state index in [0.717, 1.165) is 24.9 Å². The van der Waals surface area contributed by atoms with Gasteiger partial charge in [-0.25, -0.2) is 12.7 Å². The van der Waals surface area contributed by atoms with Crippen molar-refractivity contribution < 1.29 is 13.2 Å². The van der Waals surface area contributed by atoms with Gasteiger partial charge in [-0.1, -0.05) is 30.3 Å². The Labute approximate surface area is 151 Å². The van der Waals surface area contributed by atoms with Crippen molar-refractivity contribution in [1.82, 2.24) is 14.5 Å². The Morgan fingerprint density at radius 1 is 1.24 bits per heavy atom. The number of carbonyl (C=O) groups excluding carboxylic acids is 1. The quantitative estimate of drug-likeness (QED) is 0.792. The van der Waals surface area contributed by atoms with Crippen LogP contribution in [0.15, 0.2) is 30.3 Å². The first-order valence-corrected chi connectivity index (χ1v) is 10.5. The lowest BCUT2D eigenvalue weighted by Gasteiger charge is -2.30.